The van der Waals surface area contributed by atoms with Gasteiger partial charge in [-0.15, -0.1) is 0 Å². The standard InChI is InChI=1S/C24H17Cl2N3O4S/c1-2-14-7-9-15(10-8-14)34(32,33)29-21-12-19(26)18(25)11-20(21)27-22(29)13-28-23(30)16-5-3-4-6-17(16)24(28)31/h3-12H,2,13H2,1H3. The van der Waals surface area contributed by atoms with Crippen LogP contribution in [0.5, 0.6) is 0 Å². The fourth-order valence-electron chi connectivity index (χ4n) is 4.00. The monoisotopic (exact) mass is 513 g/mol. The van der Waals surface area contributed by atoms with Gasteiger partial charge in [0.1, 0.15) is 5.82 Å². The van der Waals surface area contributed by atoms with Crippen molar-refractivity contribution in [1.29, 1.82) is 0 Å². The lowest BCUT2D eigenvalue weighted by Gasteiger charge is -2.16. The molecule has 0 aliphatic carbocycles. The van der Waals surface area contributed by atoms with Gasteiger partial charge in [0, 0.05) is 0 Å². The number of aryl methyl sites for hydroxylation is 1. The maximum absolute atomic E-state index is 13.7. The number of nitrogens with zero attached hydrogens (tertiary/aromatic N) is 3. The molecule has 5 rings (SSSR count). The minimum absolute atomic E-state index is 0.0117. The van der Waals surface area contributed by atoms with E-state index < -0.39 is 21.8 Å². The van der Waals surface area contributed by atoms with E-state index in [4.69, 9.17) is 23.2 Å². The van der Waals surface area contributed by atoms with E-state index in [2.05, 4.69) is 4.98 Å². The number of hydrogen-bond acceptors (Lipinski definition) is 5. The molecule has 34 heavy (non-hydrogen) atoms. The van der Waals surface area contributed by atoms with Crippen LogP contribution in [0.1, 0.15) is 39.0 Å². The number of carbonyl (C=O) groups is 2. The molecule has 1 aromatic heterocycles. The number of benzene rings is 3. The predicted molar refractivity (Wildman–Crippen MR) is 129 cm³/mol. The Labute approximate surface area is 205 Å². The Kier molecular flexibility index (Phi) is 5.47. The Balaban J connectivity index is 1.68. The summed E-state index contributed by atoms with van der Waals surface area (Å²) < 4.78 is 28.5. The Bertz CT molecular complexity index is 1560. The summed E-state index contributed by atoms with van der Waals surface area (Å²) in [6.07, 6.45) is 0.757. The highest BCUT2D eigenvalue weighted by Crippen LogP contribution is 2.32. The summed E-state index contributed by atoms with van der Waals surface area (Å²) in [6.45, 7) is 1.63. The van der Waals surface area contributed by atoms with Crippen molar-refractivity contribution in [2.45, 2.75) is 24.8 Å². The zero-order chi connectivity index (χ0) is 24.2. The van der Waals surface area contributed by atoms with Crippen LogP contribution in [0.25, 0.3) is 11.0 Å². The average molecular weight is 514 g/mol. The van der Waals surface area contributed by atoms with E-state index in [1.807, 2.05) is 6.92 Å². The summed E-state index contributed by atoms with van der Waals surface area (Å²) in [5.41, 5.74) is 1.98. The first kappa shape index (κ1) is 22.6. The average Bonchev–Trinajstić information content (AvgIpc) is 3.30. The van der Waals surface area contributed by atoms with E-state index in [9.17, 15) is 18.0 Å². The smallest absolute Gasteiger partial charge is 0.269 e. The predicted octanol–water partition coefficient (Wildman–Crippen LogP) is 4.94. The number of rotatable bonds is 5. The second-order valence-corrected chi connectivity index (χ2v) is 10.4. The highest BCUT2D eigenvalue weighted by Gasteiger charge is 2.37. The number of fused-ring (bicyclic) bond motifs is 2. The molecule has 0 N–H and O–H groups in total. The second kappa shape index (κ2) is 8.23. The van der Waals surface area contributed by atoms with Gasteiger partial charge in [-0.2, -0.15) is 0 Å². The molecule has 0 bridgehead atoms. The lowest BCUT2D eigenvalue weighted by molar-refractivity contribution is 0.0638. The molecule has 172 valence electrons. The molecule has 0 saturated heterocycles. The van der Waals surface area contributed by atoms with Crippen LogP contribution >= 0.6 is 23.2 Å². The normalized spacial score (nSPS) is 13.7. The first-order valence-electron chi connectivity index (χ1n) is 10.4. The van der Waals surface area contributed by atoms with Crippen molar-refractivity contribution in [1.82, 2.24) is 13.9 Å². The second-order valence-electron chi connectivity index (χ2n) is 7.79. The van der Waals surface area contributed by atoms with Crippen LogP contribution < -0.4 is 0 Å². The van der Waals surface area contributed by atoms with Gasteiger partial charge in [-0.1, -0.05) is 54.4 Å². The fourth-order valence-corrected chi connectivity index (χ4v) is 5.78. The van der Waals surface area contributed by atoms with Crippen molar-refractivity contribution in [3.05, 3.63) is 93.2 Å². The molecule has 1 aliphatic rings. The molecule has 0 fully saturated rings. The number of imide groups is 1. The van der Waals surface area contributed by atoms with Gasteiger partial charge in [0.25, 0.3) is 21.8 Å². The lowest BCUT2D eigenvalue weighted by atomic mass is 10.1. The quantitative estimate of drug-likeness (QED) is 0.352. The largest absolute Gasteiger partial charge is 0.269 e. The maximum atomic E-state index is 13.7. The van der Waals surface area contributed by atoms with Gasteiger partial charge in [0.05, 0.1) is 43.6 Å². The van der Waals surface area contributed by atoms with E-state index in [0.29, 0.717) is 0 Å². The Morgan fingerprint density at radius 1 is 0.882 bits per heavy atom. The van der Waals surface area contributed by atoms with Crippen LogP contribution in [0.2, 0.25) is 10.0 Å². The third kappa shape index (κ3) is 3.50. The Morgan fingerprint density at radius 2 is 1.47 bits per heavy atom. The minimum atomic E-state index is -4.15. The van der Waals surface area contributed by atoms with Crippen molar-refractivity contribution in [3.63, 3.8) is 0 Å². The van der Waals surface area contributed by atoms with Crippen LogP contribution in [0.4, 0.5) is 0 Å². The molecule has 0 radical (unpaired) electrons. The van der Waals surface area contributed by atoms with Crippen LogP contribution in [0, 0.1) is 0 Å². The lowest BCUT2D eigenvalue weighted by Crippen LogP contribution is -2.31. The van der Waals surface area contributed by atoms with Gasteiger partial charge in [-0.25, -0.2) is 17.4 Å². The van der Waals surface area contributed by atoms with Crippen molar-refractivity contribution in [3.8, 4) is 0 Å². The van der Waals surface area contributed by atoms with Crippen molar-refractivity contribution >= 4 is 56.1 Å². The van der Waals surface area contributed by atoms with Gasteiger partial charge in [-0.05, 0) is 48.4 Å². The van der Waals surface area contributed by atoms with Crippen molar-refractivity contribution in [2.24, 2.45) is 0 Å². The molecule has 0 atom stereocenters. The molecular formula is C24H17Cl2N3O4S. The summed E-state index contributed by atoms with van der Waals surface area (Å²) in [7, 11) is -4.15. The minimum Gasteiger partial charge on any atom is -0.269 e. The highest BCUT2D eigenvalue weighted by molar-refractivity contribution is 7.90. The van der Waals surface area contributed by atoms with E-state index in [0.717, 1.165) is 20.9 Å². The van der Waals surface area contributed by atoms with Gasteiger partial charge >= 0.3 is 0 Å². The van der Waals surface area contributed by atoms with Crippen LogP contribution in [0.3, 0.4) is 0 Å². The molecule has 1 aliphatic heterocycles. The summed E-state index contributed by atoms with van der Waals surface area (Å²) in [4.78, 5) is 31.3. The number of amides is 2. The molecule has 2 amide bonds. The number of halogens is 2. The number of hydrogen-bond donors (Lipinski definition) is 0. The summed E-state index contributed by atoms with van der Waals surface area (Å²) in [5.74, 6) is -1.04. The number of imidazole rings is 1. The van der Waals surface area contributed by atoms with E-state index in [-0.39, 0.29) is 49.5 Å². The number of aromatic nitrogens is 2. The zero-order valence-corrected chi connectivity index (χ0v) is 20.2. The van der Waals surface area contributed by atoms with Gasteiger partial charge in [0.2, 0.25) is 0 Å². The molecule has 0 spiro atoms. The van der Waals surface area contributed by atoms with Crippen molar-refractivity contribution in [2.75, 3.05) is 0 Å². The molecule has 0 saturated carbocycles. The number of carbonyl (C=O) groups excluding carboxylic acids is 2. The molecular weight excluding hydrogens is 497 g/mol. The summed E-state index contributed by atoms with van der Waals surface area (Å²) in [5, 5.41) is 0.356. The topological polar surface area (TPSA) is 89.3 Å². The molecule has 0 unspecified atom stereocenters. The molecule has 3 aromatic carbocycles. The first-order valence-corrected chi connectivity index (χ1v) is 12.6. The summed E-state index contributed by atoms with van der Waals surface area (Å²) in [6, 6.07) is 15.8. The third-order valence-electron chi connectivity index (χ3n) is 5.77. The molecule has 10 heteroatoms. The van der Waals surface area contributed by atoms with E-state index in [1.54, 1.807) is 36.4 Å². The van der Waals surface area contributed by atoms with Crippen LogP contribution in [0.15, 0.2) is 65.6 Å². The summed E-state index contributed by atoms with van der Waals surface area (Å²) >= 11 is 12.3. The first-order chi connectivity index (χ1) is 16.2. The fraction of sp³-hybridized carbons (Fsp3) is 0.125. The third-order valence-corrected chi connectivity index (χ3v) is 8.25. The van der Waals surface area contributed by atoms with Crippen LogP contribution in [-0.2, 0) is 23.0 Å². The molecule has 2 heterocycles. The SMILES string of the molecule is CCc1ccc(S(=O)(=O)n2c(CN3C(=O)c4ccccc4C3=O)nc3cc(Cl)c(Cl)cc32)cc1. The van der Waals surface area contributed by atoms with Gasteiger partial charge in [-0.3, -0.25) is 14.5 Å². The van der Waals surface area contributed by atoms with Crippen LogP contribution in [-0.4, -0.2) is 34.1 Å². The van der Waals surface area contributed by atoms with E-state index >= 15 is 0 Å². The molecule has 7 nitrogen and oxygen atoms in total. The van der Waals surface area contributed by atoms with E-state index in [1.165, 1.54) is 24.3 Å². The highest BCUT2D eigenvalue weighted by atomic mass is 35.5. The Hall–Kier alpha value is -3.20. The van der Waals surface area contributed by atoms with Gasteiger partial charge in [0.15, 0.2) is 0 Å². The van der Waals surface area contributed by atoms with Gasteiger partial charge < -0.3 is 0 Å². The van der Waals surface area contributed by atoms with Crippen molar-refractivity contribution < 1.29 is 18.0 Å². The maximum Gasteiger partial charge on any atom is 0.269 e. The molecule has 4 aromatic rings. The Morgan fingerprint density at radius 3 is 2.06 bits per heavy atom. The zero-order valence-electron chi connectivity index (χ0n) is 17.8.